The van der Waals surface area contributed by atoms with Gasteiger partial charge in [-0.1, -0.05) is 17.3 Å². The van der Waals surface area contributed by atoms with Crippen molar-refractivity contribution < 1.29 is 14.2 Å². The summed E-state index contributed by atoms with van der Waals surface area (Å²) < 4.78 is 19.5. The van der Waals surface area contributed by atoms with Crippen LogP contribution < -0.4 is 0 Å². The van der Waals surface area contributed by atoms with E-state index in [2.05, 4.69) is 10.3 Å². The number of hydrogen-bond donors (Lipinski definition) is 0. The topological polar surface area (TPSA) is 58.4 Å². The Morgan fingerprint density at radius 1 is 1.27 bits per heavy atom. The van der Waals surface area contributed by atoms with Gasteiger partial charge in [-0.25, -0.2) is 4.68 Å². The number of fused-ring (bicyclic) bond motifs is 1. The van der Waals surface area contributed by atoms with E-state index in [-0.39, 0.29) is 18.4 Å². The first-order valence-corrected chi connectivity index (χ1v) is 8.00. The van der Waals surface area contributed by atoms with E-state index in [9.17, 15) is 0 Å². The Kier molecular flexibility index (Phi) is 5.02. The fraction of sp³-hybridized carbons (Fsp3) is 0.625. The number of ether oxygens (including phenoxy) is 3. The molecule has 2 aromatic rings. The van der Waals surface area contributed by atoms with E-state index in [0.29, 0.717) is 13.2 Å². The lowest BCUT2D eigenvalue weighted by atomic mass is 9.98. The Morgan fingerprint density at radius 3 is 2.82 bits per heavy atom. The minimum Gasteiger partial charge on any atom is -0.356 e. The fourth-order valence-corrected chi connectivity index (χ4v) is 3.01. The summed E-state index contributed by atoms with van der Waals surface area (Å²) >= 11 is 0. The van der Waals surface area contributed by atoms with Crippen molar-refractivity contribution in [1.29, 1.82) is 0 Å². The number of benzene rings is 1. The SMILES string of the molecule is CCOC(OCC)C1CCCOC1n1nnc2ccccc21. The molecule has 6 nitrogen and oxygen atoms in total. The molecule has 22 heavy (non-hydrogen) atoms. The van der Waals surface area contributed by atoms with E-state index in [1.807, 2.05) is 42.8 Å². The van der Waals surface area contributed by atoms with E-state index in [1.54, 1.807) is 0 Å². The summed E-state index contributed by atoms with van der Waals surface area (Å²) in [6, 6.07) is 7.92. The highest BCUT2D eigenvalue weighted by Crippen LogP contribution is 2.34. The van der Waals surface area contributed by atoms with Crippen molar-refractivity contribution in [1.82, 2.24) is 15.0 Å². The van der Waals surface area contributed by atoms with Crippen molar-refractivity contribution in [2.24, 2.45) is 5.92 Å². The minimum absolute atomic E-state index is 0.110. The fourth-order valence-electron chi connectivity index (χ4n) is 3.01. The van der Waals surface area contributed by atoms with Crippen LogP contribution in [0.4, 0.5) is 0 Å². The Balaban J connectivity index is 1.91. The van der Waals surface area contributed by atoms with Gasteiger partial charge in [0.1, 0.15) is 5.52 Å². The second-order valence-electron chi connectivity index (χ2n) is 5.37. The molecule has 0 spiro atoms. The van der Waals surface area contributed by atoms with Crippen LogP contribution in [0.5, 0.6) is 0 Å². The summed E-state index contributed by atoms with van der Waals surface area (Å²) in [5.74, 6) is 0.110. The van der Waals surface area contributed by atoms with Crippen LogP contribution in [0.25, 0.3) is 11.0 Å². The Morgan fingerprint density at radius 2 is 2.05 bits per heavy atom. The predicted molar refractivity (Wildman–Crippen MR) is 82.3 cm³/mol. The van der Waals surface area contributed by atoms with Gasteiger partial charge in [-0.05, 0) is 38.8 Å². The molecule has 1 aromatic heterocycles. The lowest BCUT2D eigenvalue weighted by molar-refractivity contribution is -0.221. The molecule has 3 rings (SSSR count). The first kappa shape index (κ1) is 15.4. The molecule has 0 bridgehead atoms. The molecule has 1 aromatic carbocycles. The third-order valence-electron chi connectivity index (χ3n) is 3.97. The summed E-state index contributed by atoms with van der Waals surface area (Å²) in [7, 11) is 0. The summed E-state index contributed by atoms with van der Waals surface area (Å²) in [4.78, 5) is 0. The molecule has 1 saturated heterocycles. The van der Waals surface area contributed by atoms with Crippen molar-refractivity contribution in [3.8, 4) is 0 Å². The summed E-state index contributed by atoms with van der Waals surface area (Å²) in [6.45, 7) is 5.92. The normalized spacial score (nSPS) is 22.5. The molecule has 0 amide bonds. The van der Waals surface area contributed by atoms with E-state index in [1.165, 1.54) is 0 Å². The second-order valence-corrected chi connectivity index (χ2v) is 5.37. The zero-order chi connectivity index (χ0) is 15.4. The standard InChI is InChI=1S/C16H23N3O3/c1-3-20-16(21-4-2)12-8-7-11-22-15(12)19-14-10-6-5-9-13(14)17-18-19/h5-6,9-10,12,15-16H,3-4,7-8,11H2,1-2H3. The predicted octanol–water partition coefficient (Wildman–Crippen LogP) is 2.76. The van der Waals surface area contributed by atoms with Gasteiger partial charge in [0.05, 0.1) is 11.4 Å². The van der Waals surface area contributed by atoms with Crippen LogP contribution in [-0.2, 0) is 14.2 Å². The zero-order valence-electron chi connectivity index (χ0n) is 13.1. The summed E-state index contributed by atoms with van der Waals surface area (Å²) in [5, 5.41) is 8.53. The summed E-state index contributed by atoms with van der Waals surface area (Å²) in [6.07, 6.45) is 1.51. The number of para-hydroxylation sites is 1. The number of rotatable bonds is 6. The van der Waals surface area contributed by atoms with Crippen molar-refractivity contribution >= 4 is 11.0 Å². The van der Waals surface area contributed by atoms with E-state index in [0.717, 1.165) is 30.5 Å². The molecule has 1 aliphatic rings. The maximum Gasteiger partial charge on any atom is 0.164 e. The van der Waals surface area contributed by atoms with Crippen molar-refractivity contribution in [2.45, 2.75) is 39.2 Å². The van der Waals surface area contributed by atoms with E-state index in [4.69, 9.17) is 14.2 Å². The van der Waals surface area contributed by atoms with Crippen molar-refractivity contribution in [2.75, 3.05) is 19.8 Å². The molecule has 1 aliphatic heterocycles. The van der Waals surface area contributed by atoms with Crippen LogP contribution in [0.15, 0.2) is 24.3 Å². The Labute approximate surface area is 130 Å². The molecule has 0 radical (unpaired) electrons. The number of aromatic nitrogens is 3. The van der Waals surface area contributed by atoms with Gasteiger partial charge in [0.15, 0.2) is 12.5 Å². The molecule has 2 heterocycles. The molecule has 0 saturated carbocycles. The van der Waals surface area contributed by atoms with Gasteiger partial charge in [0, 0.05) is 19.8 Å². The summed E-state index contributed by atoms with van der Waals surface area (Å²) in [5.41, 5.74) is 1.85. The molecule has 120 valence electrons. The first-order valence-electron chi connectivity index (χ1n) is 8.00. The van der Waals surface area contributed by atoms with Crippen molar-refractivity contribution in [3.63, 3.8) is 0 Å². The average molecular weight is 305 g/mol. The molecule has 6 heteroatoms. The van der Waals surface area contributed by atoms with Crippen LogP contribution in [0.3, 0.4) is 0 Å². The Bertz CT molecular complexity index is 595. The van der Waals surface area contributed by atoms with Gasteiger partial charge in [0.2, 0.25) is 0 Å². The van der Waals surface area contributed by atoms with Crippen LogP contribution >= 0.6 is 0 Å². The number of nitrogens with zero attached hydrogens (tertiary/aromatic N) is 3. The van der Waals surface area contributed by atoms with Gasteiger partial charge in [-0.2, -0.15) is 0 Å². The molecule has 1 fully saturated rings. The largest absolute Gasteiger partial charge is 0.356 e. The van der Waals surface area contributed by atoms with Gasteiger partial charge in [-0.15, -0.1) is 5.10 Å². The lowest BCUT2D eigenvalue weighted by Crippen LogP contribution is -2.38. The van der Waals surface area contributed by atoms with Crippen LogP contribution in [-0.4, -0.2) is 41.1 Å². The highest BCUT2D eigenvalue weighted by molar-refractivity contribution is 5.73. The first-order chi connectivity index (χ1) is 10.8. The van der Waals surface area contributed by atoms with Gasteiger partial charge in [0.25, 0.3) is 0 Å². The third kappa shape index (κ3) is 2.99. The minimum atomic E-state index is -0.275. The third-order valence-corrected chi connectivity index (χ3v) is 3.97. The maximum absolute atomic E-state index is 6.02. The van der Waals surface area contributed by atoms with E-state index >= 15 is 0 Å². The second kappa shape index (κ2) is 7.17. The molecular formula is C16H23N3O3. The monoisotopic (exact) mass is 305 g/mol. The maximum atomic E-state index is 6.02. The zero-order valence-corrected chi connectivity index (χ0v) is 13.1. The van der Waals surface area contributed by atoms with Gasteiger partial charge < -0.3 is 14.2 Å². The van der Waals surface area contributed by atoms with E-state index < -0.39 is 0 Å². The molecule has 0 aliphatic carbocycles. The molecule has 2 unspecified atom stereocenters. The quantitative estimate of drug-likeness (QED) is 0.768. The van der Waals surface area contributed by atoms with Crippen LogP contribution in [0.1, 0.15) is 32.9 Å². The highest BCUT2D eigenvalue weighted by Gasteiger charge is 2.36. The molecule has 0 N–H and O–H groups in total. The lowest BCUT2D eigenvalue weighted by Gasteiger charge is -2.36. The smallest absolute Gasteiger partial charge is 0.164 e. The van der Waals surface area contributed by atoms with Crippen molar-refractivity contribution in [3.05, 3.63) is 24.3 Å². The van der Waals surface area contributed by atoms with Gasteiger partial charge >= 0.3 is 0 Å². The van der Waals surface area contributed by atoms with Crippen LogP contribution in [0.2, 0.25) is 0 Å². The Hall–Kier alpha value is -1.50. The molecular weight excluding hydrogens is 282 g/mol. The molecule has 2 atom stereocenters. The van der Waals surface area contributed by atoms with Gasteiger partial charge in [-0.3, -0.25) is 0 Å². The number of hydrogen-bond acceptors (Lipinski definition) is 5. The highest BCUT2D eigenvalue weighted by atomic mass is 16.7. The van der Waals surface area contributed by atoms with Crippen LogP contribution in [0, 0.1) is 5.92 Å². The average Bonchev–Trinajstić information content (AvgIpc) is 2.98.